The number of nitrogens with one attached hydrogen (secondary N) is 2. The highest BCUT2D eigenvalue weighted by Crippen LogP contribution is 2.23. The predicted molar refractivity (Wildman–Crippen MR) is 93.8 cm³/mol. The molecule has 0 saturated carbocycles. The minimum absolute atomic E-state index is 0.611. The SMILES string of the molecule is N#Cc1ccc2nc(Nc3ccc(-c4ccncc4)cc3)[nH]c2c1. The van der Waals surface area contributed by atoms with Crippen LogP contribution in [0.3, 0.4) is 0 Å². The molecule has 24 heavy (non-hydrogen) atoms. The molecule has 0 aliphatic rings. The van der Waals surface area contributed by atoms with Gasteiger partial charge in [0.2, 0.25) is 5.95 Å². The maximum Gasteiger partial charge on any atom is 0.205 e. The quantitative estimate of drug-likeness (QED) is 0.593. The van der Waals surface area contributed by atoms with Crippen LogP contribution in [-0.2, 0) is 0 Å². The number of imidazole rings is 1. The fourth-order valence-corrected chi connectivity index (χ4v) is 2.57. The monoisotopic (exact) mass is 311 g/mol. The van der Waals surface area contributed by atoms with Gasteiger partial charge in [-0.05, 0) is 53.6 Å². The Morgan fingerprint density at radius 3 is 2.42 bits per heavy atom. The number of pyridine rings is 1. The number of benzene rings is 2. The van der Waals surface area contributed by atoms with E-state index in [1.165, 1.54) is 0 Å². The van der Waals surface area contributed by atoms with Gasteiger partial charge in [0.25, 0.3) is 0 Å². The summed E-state index contributed by atoms with van der Waals surface area (Å²) in [5.74, 6) is 0.650. The average molecular weight is 311 g/mol. The number of anilines is 2. The van der Waals surface area contributed by atoms with Gasteiger partial charge >= 0.3 is 0 Å². The smallest absolute Gasteiger partial charge is 0.205 e. The molecule has 0 bridgehead atoms. The third-order valence-electron chi connectivity index (χ3n) is 3.77. The molecule has 2 heterocycles. The van der Waals surface area contributed by atoms with Gasteiger partial charge in [-0.15, -0.1) is 0 Å². The molecular weight excluding hydrogens is 298 g/mol. The number of rotatable bonds is 3. The van der Waals surface area contributed by atoms with Gasteiger partial charge in [0.05, 0.1) is 22.7 Å². The normalized spacial score (nSPS) is 10.5. The molecule has 4 rings (SSSR count). The summed E-state index contributed by atoms with van der Waals surface area (Å²) in [5.41, 5.74) is 5.47. The summed E-state index contributed by atoms with van der Waals surface area (Å²) in [6.07, 6.45) is 3.57. The van der Waals surface area contributed by atoms with Gasteiger partial charge in [-0.3, -0.25) is 4.98 Å². The second-order valence-corrected chi connectivity index (χ2v) is 5.37. The van der Waals surface area contributed by atoms with Gasteiger partial charge < -0.3 is 10.3 Å². The van der Waals surface area contributed by atoms with E-state index in [9.17, 15) is 0 Å². The Bertz CT molecular complexity index is 1030. The van der Waals surface area contributed by atoms with E-state index in [4.69, 9.17) is 5.26 Å². The van der Waals surface area contributed by atoms with Crippen molar-refractivity contribution < 1.29 is 0 Å². The lowest BCUT2D eigenvalue weighted by Crippen LogP contribution is -1.91. The fourth-order valence-electron chi connectivity index (χ4n) is 2.57. The summed E-state index contributed by atoms with van der Waals surface area (Å²) >= 11 is 0. The Balaban J connectivity index is 1.58. The van der Waals surface area contributed by atoms with Crippen molar-refractivity contribution in [2.45, 2.75) is 0 Å². The van der Waals surface area contributed by atoms with Crippen molar-refractivity contribution in [2.75, 3.05) is 5.32 Å². The van der Waals surface area contributed by atoms with E-state index in [2.05, 4.69) is 26.3 Å². The number of nitrogens with zero attached hydrogens (tertiary/aromatic N) is 3. The lowest BCUT2D eigenvalue weighted by molar-refractivity contribution is 1.31. The van der Waals surface area contributed by atoms with Crippen LogP contribution in [0.15, 0.2) is 67.0 Å². The van der Waals surface area contributed by atoms with Gasteiger partial charge in [-0.25, -0.2) is 4.98 Å². The van der Waals surface area contributed by atoms with Crippen molar-refractivity contribution in [3.8, 4) is 17.2 Å². The molecule has 0 radical (unpaired) electrons. The van der Waals surface area contributed by atoms with Crippen LogP contribution in [-0.4, -0.2) is 15.0 Å². The van der Waals surface area contributed by atoms with E-state index in [1.54, 1.807) is 24.5 Å². The van der Waals surface area contributed by atoms with Gasteiger partial charge in [0, 0.05) is 18.1 Å². The van der Waals surface area contributed by atoms with E-state index in [0.29, 0.717) is 11.5 Å². The maximum absolute atomic E-state index is 8.96. The highest BCUT2D eigenvalue weighted by Gasteiger charge is 2.04. The molecule has 114 valence electrons. The van der Waals surface area contributed by atoms with Gasteiger partial charge in [-0.1, -0.05) is 12.1 Å². The average Bonchev–Trinajstić information content (AvgIpc) is 3.04. The molecule has 0 unspecified atom stereocenters. The lowest BCUT2D eigenvalue weighted by Gasteiger charge is -2.05. The molecule has 0 spiro atoms. The number of hydrogen-bond acceptors (Lipinski definition) is 4. The Morgan fingerprint density at radius 1 is 0.917 bits per heavy atom. The summed E-state index contributed by atoms with van der Waals surface area (Å²) in [4.78, 5) is 11.7. The van der Waals surface area contributed by atoms with E-state index in [1.807, 2.05) is 42.5 Å². The number of hydrogen-bond donors (Lipinski definition) is 2. The van der Waals surface area contributed by atoms with Gasteiger partial charge in [0.1, 0.15) is 0 Å². The minimum atomic E-state index is 0.611. The summed E-state index contributed by atoms with van der Waals surface area (Å²) < 4.78 is 0. The van der Waals surface area contributed by atoms with Crippen molar-refractivity contribution in [1.82, 2.24) is 15.0 Å². The molecular formula is C19H13N5. The van der Waals surface area contributed by atoms with Crippen LogP contribution >= 0.6 is 0 Å². The highest BCUT2D eigenvalue weighted by molar-refractivity contribution is 5.80. The topological polar surface area (TPSA) is 77.4 Å². The molecule has 5 nitrogen and oxygen atoms in total. The summed E-state index contributed by atoms with van der Waals surface area (Å²) in [7, 11) is 0. The Labute approximate surface area is 138 Å². The highest BCUT2D eigenvalue weighted by atomic mass is 15.1. The minimum Gasteiger partial charge on any atom is -0.326 e. The Kier molecular flexibility index (Phi) is 3.41. The largest absolute Gasteiger partial charge is 0.326 e. The first-order valence-electron chi connectivity index (χ1n) is 7.49. The maximum atomic E-state index is 8.96. The first-order valence-corrected chi connectivity index (χ1v) is 7.49. The molecule has 0 atom stereocenters. The molecule has 0 saturated heterocycles. The van der Waals surface area contributed by atoms with Crippen molar-refractivity contribution in [3.05, 3.63) is 72.6 Å². The van der Waals surface area contributed by atoms with Crippen molar-refractivity contribution in [2.24, 2.45) is 0 Å². The van der Waals surface area contributed by atoms with Crippen LogP contribution in [0.2, 0.25) is 0 Å². The molecule has 2 aromatic carbocycles. The summed E-state index contributed by atoms with van der Waals surface area (Å²) in [6.45, 7) is 0. The first kappa shape index (κ1) is 14.0. The number of nitriles is 1. The van der Waals surface area contributed by atoms with Crippen molar-refractivity contribution in [1.29, 1.82) is 5.26 Å². The molecule has 5 heteroatoms. The van der Waals surface area contributed by atoms with E-state index in [-0.39, 0.29) is 0 Å². The van der Waals surface area contributed by atoms with Crippen LogP contribution in [0, 0.1) is 11.3 Å². The van der Waals surface area contributed by atoms with Gasteiger partial charge in [0.15, 0.2) is 0 Å². The number of aromatic amines is 1. The number of aromatic nitrogens is 3. The second-order valence-electron chi connectivity index (χ2n) is 5.37. The van der Waals surface area contributed by atoms with Crippen LogP contribution in [0.4, 0.5) is 11.6 Å². The Morgan fingerprint density at radius 2 is 1.67 bits per heavy atom. The Hall–Kier alpha value is -3.65. The van der Waals surface area contributed by atoms with Crippen LogP contribution in [0.5, 0.6) is 0 Å². The zero-order chi connectivity index (χ0) is 16.4. The summed E-state index contributed by atoms with van der Waals surface area (Å²) in [6, 6.07) is 19.6. The van der Waals surface area contributed by atoms with Gasteiger partial charge in [-0.2, -0.15) is 5.26 Å². The van der Waals surface area contributed by atoms with E-state index in [0.717, 1.165) is 27.8 Å². The van der Waals surface area contributed by atoms with Crippen LogP contribution < -0.4 is 5.32 Å². The molecule has 0 aliphatic carbocycles. The molecule has 0 aliphatic heterocycles. The lowest BCUT2D eigenvalue weighted by atomic mass is 10.1. The molecule has 0 fully saturated rings. The molecule has 4 aromatic rings. The third-order valence-corrected chi connectivity index (χ3v) is 3.77. The number of fused-ring (bicyclic) bond motifs is 1. The van der Waals surface area contributed by atoms with Crippen molar-refractivity contribution >= 4 is 22.7 Å². The summed E-state index contributed by atoms with van der Waals surface area (Å²) in [5, 5.41) is 12.2. The first-order chi connectivity index (χ1) is 11.8. The molecule has 2 N–H and O–H groups in total. The molecule has 0 amide bonds. The zero-order valence-corrected chi connectivity index (χ0v) is 12.7. The standard InChI is InChI=1S/C19H13N5/c20-12-13-1-6-17-18(11-13)24-19(23-17)22-16-4-2-14(3-5-16)15-7-9-21-10-8-15/h1-11H,(H2,22,23,24). The van der Waals surface area contributed by atoms with E-state index >= 15 is 0 Å². The van der Waals surface area contributed by atoms with Crippen LogP contribution in [0.1, 0.15) is 5.56 Å². The second kappa shape index (κ2) is 5.86. The predicted octanol–water partition coefficient (Wildman–Crippen LogP) is 4.24. The molecule has 2 aromatic heterocycles. The number of H-pyrrole nitrogens is 1. The fraction of sp³-hybridized carbons (Fsp3) is 0. The van der Waals surface area contributed by atoms with Crippen LogP contribution in [0.25, 0.3) is 22.2 Å². The van der Waals surface area contributed by atoms with E-state index < -0.39 is 0 Å². The van der Waals surface area contributed by atoms with Crippen molar-refractivity contribution in [3.63, 3.8) is 0 Å². The zero-order valence-electron chi connectivity index (χ0n) is 12.7. The third kappa shape index (κ3) is 2.69.